The molecule has 2 aromatic carbocycles. The highest BCUT2D eigenvalue weighted by Crippen LogP contribution is 2.26. The molecule has 0 fully saturated rings. The Morgan fingerprint density at radius 1 is 1.10 bits per heavy atom. The zero-order valence-electron chi connectivity index (χ0n) is 18.0. The van der Waals surface area contributed by atoms with Gasteiger partial charge in [0.25, 0.3) is 0 Å². The standard InChI is InChI=1S/C22H28N6O2.HI/c1-4-24-22(25-13-17(2)30-21-8-6-5-7-20(21)29-3)26-14-18-9-11-19(12-10-18)28-16-23-15-27-28;/h5-12,15-17H,4,13-14H2,1-3H3,(H2,24,25,26);1H. The zero-order chi connectivity index (χ0) is 21.2. The Hall–Kier alpha value is -2.82. The Kier molecular flexibility index (Phi) is 10.1. The van der Waals surface area contributed by atoms with Gasteiger partial charge >= 0.3 is 0 Å². The summed E-state index contributed by atoms with van der Waals surface area (Å²) in [4.78, 5) is 8.64. The normalized spacial score (nSPS) is 11.9. The second-order valence-electron chi connectivity index (χ2n) is 6.66. The smallest absolute Gasteiger partial charge is 0.191 e. The molecule has 3 aromatic rings. The summed E-state index contributed by atoms with van der Waals surface area (Å²) in [5.74, 6) is 2.19. The molecule has 0 radical (unpaired) electrons. The Labute approximate surface area is 200 Å². The van der Waals surface area contributed by atoms with Crippen LogP contribution in [0.5, 0.6) is 11.5 Å². The molecule has 0 amide bonds. The number of aliphatic imine (C=N–C) groups is 1. The van der Waals surface area contributed by atoms with Crippen molar-refractivity contribution < 1.29 is 9.47 Å². The van der Waals surface area contributed by atoms with Gasteiger partial charge in [0.15, 0.2) is 17.5 Å². The van der Waals surface area contributed by atoms with Crippen molar-refractivity contribution in [3.8, 4) is 17.2 Å². The number of nitrogens with one attached hydrogen (secondary N) is 2. The number of guanidine groups is 1. The molecule has 9 heteroatoms. The average Bonchev–Trinajstić information content (AvgIpc) is 3.31. The number of nitrogens with zero attached hydrogens (tertiary/aromatic N) is 4. The third-order valence-electron chi connectivity index (χ3n) is 4.34. The lowest BCUT2D eigenvalue weighted by Crippen LogP contribution is -2.41. The molecule has 8 nitrogen and oxygen atoms in total. The maximum absolute atomic E-state index is 5.99. The van der Waals surface area contributed by atoms with Crippen LogP contribution in [0.4, 0.5) is 0 Å². The minimum Gasteiger partial charge on any atom is -0.493 e. The van der Waals surface area contributed by atoms with Gasteiger partial charge < -0.3 is 20.1 Å². The number of halogens is 1. The van der Waals surface area contributed by atoms with E-state index in [4.69, 9.17) is 9.47 Å². The minimum atomic E-state index is -0.0629. The lowest BCUT2D eigenvalue weighted by molar-refractivity contribution is 0.213. The van der Waals surface area contributed by atoms with E-state index in [1.807, 2.05) is 62.4 Å². The number of methoxy groups -OCH3 is 1. The fraction of sp³-hybridized carbons (Fsp3) is 0.318. The molecule has 1 heterocycles. The van der Waals surface area contributed by atoms with Crippen LogP contribution in [0.3, 0.4) is 0 Å². The van der Waals surface area contributed by atoms with Crippen molar-refractivity contribution in [1.82, 2.24) is 25.4 Å². The van der Waals surface area contributed by atoms with Crippen LogP contribution in [-0.4, -0.2) is 47.0 Å². The van der Waals surface area contributed by atoms with Crippen LogP contribution in [-0.2, 0) is 6.54 Å². The van der Waals surface area contributed by atoms with Crippen LogP contribution in [0.2, 0.25) is 0 Å². The number of benzene rings is 2. The molecule has 0 saturated carbocycles. The molecule has 1 aromatic heterocycles. The summed E-state index contributed by atoms with van der Waals surface area (Å²) >= 11 is 0. The number of ether oxygens (including phenoxy) is 2. The fourth-order valence-electron chi connectivity index (χ4n) is 2.82. The van der Waals surface area contributed by atoms with E-state index in [1.54, 1.807) is 18.1 Å². The molecule has 0 aliphatic carbocycles. The second-order valence-corrected chi connectivity index (χ2v) is 6.66. The third kappa shape index (κ3) is 7.42. The number of hydrogen-bond donors (Lipinski definition) is 2. The summed E-state index contributed by atoms with van der Waals surface area (Å²) in [6, 6.07) is 15.7. The van der Waals surface area contributed by atoms with Gasteiger partial charge in [-0.05, 0) is 43.7 Å². The lowest BCUT2D eigenvalue weighted by Gasteiger charge is -2.19. The van der Waals surface area contributed by atoms with Crippen molar-refractivity contribution in [3.05, 3.63) is 66.7 Å². The number of aromatic nitrogens is 3. The number of hydrogen-bond acceptors (Lipinski definition) is 5. The Bertz CT molecular complexity index is 931. The summed E-state index contributed by atoms with van der Waals surface area (Å²) < 4.78 is 13.1. The van der Waals surface area contributed by atoms with E-state index in [1.165, 1.54) is 6.33 Å². The van der Waals surface area contributed by atoms with Crippen molar-refractivity contribution in [2.75, 3.05) is 20.2 Å². The molecule has 0 aliphatic rings. The average molecular weight is 536 g/mol. The van der Waals surface area contributed by atoms with E-state index in [2.05, 4.69) is 25.7 Å². The van der Waals surface area contributed by atoms with E-state index in [-0.39, 0.29) is 30.1 Å². The van der Waals surface area contributed by atoms with Gasteiger partial charge in [0.1, 0.15) is 18.8 Å². The van der Waals surface area contributed by atoms with Gasteiger partial charge in [0.05, 0.1) is 25.9 Å². The van der Waals surface area contributed by atoms with Gasteiger partial charge in [0, 0.05) is 6.54 Å². The van der Waals surface area contributed by atoms with Gasteiger partial charge in [-0.15, -0.1) is 24.0 Å². The Morgan fingerprint density at radius 3 is 2.48 bits per heavy atom. The zero-order valence-corrected chi connectivity index (χ0v) is 20.3. The van der Waals surface area contributed by atoms with Crippen molar-refractivity contribution in [1.29, 1.82) is 0 Å². The van der Waals surface area contributed by atoms with Gasteiger partial charge in [-0.2, -0.15) is 5.10 Å². The second kappa shape index (κ2) is 12.8. The SMILES string of the molecule is CCNC(=NCc1ccc(-n2cncn2)cc1)NCC(C)Oc1ccccc1OC.I. The molecule has 31 heavy (non-hydrogen) atoms. The summed E-state index contributed by atoms with van der Waals surface area (Å²) in [5, 5.41) is 10.7. The van der Waals surface area contributed by atoms with Crippen LogP contribution >= 0.6 is 24.0 Å². The monoisotopic (exact) mass is 536 g/mol. The molecular formula is C22H29IN6O2. The van der Waals surface area contributed by atoms with E-state index in [0.717, 1.165) is 35.3 Å². The Morgan fingerprint density at radius 2 is 1.84 bits per heavy atom. The first-order valence-electron chi connectivity index (χ1n) is 9.95. The van der Waals surface area contributed by atoms with Gasteiger partial charge in [0.2, 0.25) is 0 Å². The maximum Gasteiger partial charge on any atom is 0.191 e. The first kappa shape index (κ1) is 24.4. The van der Waals surface area contributed by atoms with E-state index >= 15 is 0 Å². The van der Waals surface area contributed by atoms with Crippen LogP contribution in [0.25, 0.3) is 5.69 Å². The highest BCUT2D eigenvalue weighted by Gasteiger charge is 2.09. The summed E-state index contributed by atoms with van der Waals surface area (Å²) in [5.41, 5.74) is 2.07. The first-order chi connectivity index (χ1) is 14.7. The molecule has 0 aliphatic heterocycles. The van der Waals surface area contributed by atoms with Crippen molar-refractivity contribution in [2.24, 2.45) is 4.99 Å². The van der Waals surface area contributed by atoms with E-state index in [9.17, 15) is 0 Å². The molecule has 0 bridgehead atoms. The molecule has 1 atom stereocenters. The van der Waals surface area contributed by atoms with Crippen molar-refractivity contribution in [2.45, 2.75) is 26.5 Å². The van der Waals surface area contributed by atoms with Crippen molar-refractivity contribution >= 4 is 29.9 Å². The van der Waals surface area contributed by atoms with Gasteiger partial charge in [-0.1, -0.05) is 24.3 Å². The van der Waals surface area contributed by atoms with Gasteiger partial charge in [-0.3, -0.25) is 0 Å². The van der Waals surface area contributed by atoms with Crippen molar-refractivity contribution in [3.63, 3.8) is 0 Å². The van der Waals surface area contributed by atoms with Crippen LogP contribution in [0, 0.1) is 0 Å². The molecule has 2 N–H and O–H groups in total. The van der Waals surface area contributed by atoms with E-state index in [0.29, 0.717) is 13.1 Å². The summed E-state index contributed by atoms with van der Waals surface area (Å²) in [6.07, 6.45) is 3.13. The summed E-state index contributed by atoms with van der Waals surface area (Å²) in [6.45, 7) is 5.99. The molecule has 0 spiro atoms. The van der Waals surface area contributed by atoms with Crippen LogP contribution in [0.15, 0.2) is 66.2 Å². The topological polar surface area (TPSA) is 85.6 Å². The fourth-order valence-corrected chi connectivity index (χ4v) is 2.82. The molecule has 1 unspecified atom stereocenters. The predicted octanol–water partition coefficient (Wildman–Crippen LogP) is 3.42. The molecular weight excluding hydrogens is 507 g/mol. The van der Waals surface area contributed by atoms with Crippen LogP contribution < -0.4 is 20.1 Å². The largest absolute Gasteiger partial charge is 0.493 e. The summed E-state index contributed by atoms with van der Waals surface area (Å²) in [7, 11) is 1.64. The highest BCUT2D eigenvalue weighted by molar-refractivity contribution is 14.0. The van der Waals surface area contributed by atoms with Gasteiger partial charge in [-0.25, -0.2) is 14.7 Å². The van der Waals surface area contributed by atoms with Crippen LogP contribution in [0.1, 0.15) is 19.4 Å². The first-order valence-corrected chi connectivity index (χ1v) is 9.95. The van der Waals surface area contributed by atoms with E-state index < -0.39 is 0 Å². The lowest BCUT2D eigenvalue weighted by atomic mass is 10.2. The minimum absolute atomic E-state index is 0. The molecule has 166 valence electrons. The Balaban J connectivity index is 0.00000341. The number of rotatable bonds is 9. The molecule has 0 saturated heterocycles. The third-order valence-corrected chi connectivity index (χ3v) is 4.34. The number of para-hydroxylation sites is 2. The predicted molar refractivity (Wildman–Crippen MR) is 133 cm³/mol. The molecule has 3 rings (SSSR count). The highest BCUT2D eigenvalue weighted by atomic mass is 127. The quantitative estimate of drug-likeness (QED) is 0.248. The maximum atomic E-state index is 5.99.